The average molecular weight is 477 g/mol. The van der Waals surface area contributed by atoms with Crippen molar-refractivity contribution in [1.82, 2.24) is 25.1 Å². The Morgan fingerprint density at radius 3 is 2.68 bits per heavy atom. The van der Waals surface area contributed by atoms with Gasteiger partial charge in [0.1, 0.15) is 34.0 Å². The Kier molecular flexibility index (Phi) is 6.49. The molecule has 0 bridgehead atoms. The van der Waals surface area contributed by atoms with E-state index in [0.717, 1.165) is 5.56 Å². The molecule has 0 saturated heterocycles. The molecule has 34 heavy (non-hydrogen) atoms. The second-order valence-electron chi connectivity index (χ2n) is 7.82. The number of aryl methyl sites for hydroxylation is 1. The zero-order valence-corrected chi connectivity index (χ0v) is 19.3. The summed E-state index contributed by atoms with van der Waals surface area (Å²) in [6, 6.07) is 14.0. The van der Waals surface area contributed by atoms with Gasteiger partial charge in [0, 0.05) is 11.1 Å². The van der Waals surface area contributed by atoms with Crippen LogP contribution in [0.15, 0.2) is 61.2 Å². The number of thiazole rings is 1. The van der Waals surface area contributed by atoms with Gasteiger partial charge in [0.15, 0.2) is 0 Å². The number of nitrogens with one attached hydrogen (secondary N) is 1. The van der Waals surface area contributed by atoms with Gasteiger partial charge in [0.05, 0.1) is 29.9 Å². The lowest BCUT2D eigenvalue weighted by Gasteiger charge is -2.35. The monoisotopic (exact) mass is 476 g/mol. The number of carbonyl (C=O) groups excluding carboxylic acids is 1. The minimum atomic E-state index is -1.80. The maximum Gasteiger partial charge on any atom is 0.263 e. The highest BCUT2D eigenvalue weighted by Crippen LogP contribution is 2.31. The van der Waals surface area contributed by atoms with Gasteiger partial charge in [0.25, 0.3) is 5.91 Å². The van der Waals surface area contributed by atoms with Gasteiger partial charge >= 0.3 is 0 Å². The molecule has 1 unspecified atom stereocenters. The van der Waals surface area contributed by atoms with E-state index in [1.165, 1.54) is 46.9 Å². The fraction of sp³-hybridized carbons (Fsp3) is 0.208. The highest BCUT2D eigenvalue weighted by molar-refractivity contribution is 7.17. The summed E-state index contributed by atoms with van der Waals surface area (Å²) in [5, 5.41) is 28.1. The number of benzene rings is 2. The molecule has 172 valence electrons. The number of hydrogen-bond donors (Lipinski definition) is 2. The molecule has 1 amide bonds. The van der Waals surface area contributed by atoms with Gasteiger partial charge in [-0.3, -0.25) is 4.79 Å². The van der Waals surface area contributed by atoms with Gasteiger partial charge in [0.2, 0.25) is 0 Å². The maximum atomic E-state index is 14.7. The summed E-state index contributed by atoms with van der Waals surface area (Å²) in [6.07, 6.45) is 2.73. The largest absolute Gasteiger partial charge is 0.381 e. The van der Waals surface area contributed by atoms with Crippen molar-refractivity contribution in [1.29, 1.82) is 5.26 Å². The van der Waals surface area contributed by atoms with Crippen molar-refractivity contribution in [2.45, 2.75) is 32.0 Å². The summed E-state index contributed by atoms with van der Waals surface area (Å²) in [5.74, 6) is -1.03. The molecule has 0 fully saturated rings. The Morgan fingerprint density at radius 2 is 2.03 bits per heavy atom. The molecule has 8 nitrogen and oxygen atoms in total. The summed E-state index contributed by atoms with van der Waals surface area (Å²) in [6.45, 7) is 3.22. The van der Waals surface area contributed by atoms with Crippen molar-refractivity contribution in [3.63, 3.8) is 0 Å². The smallest absolute Gasteiger partial charge is 0.263 e. The van der Waals surface area contributed by atoms with Crippen LogP contribution in [0.1, 0.15) is 33.4 Å². The van der Waals surface area contributed by atoms with Crippen molar-refractivity contribution in [2.75, 3.05) is 0 Å². The number of aliphatic hydroxyl groups is 1. The van der Waals surface area contributed by atoms with Crippen molar-refractivity contribution < 1.29 is 14.3 Å². The number of rotatable bonds is 7. The summed E-state index contributed by atoms with van der Waals surface area (Å²) in [5.41, 5.74) is 0.0812. The van der Waals surface area contributed by atoms with Crippen molar-refractivity contribution in [3.05, 3.63) is 88.7 Å². The number of nitriles is 1. The molecule has 0 aliphatic rings. The average Bonchev–Trinajstić information content (AvgIpc) is 3.48. The molecular formula is C24H21FN6O2S. The maximum absolute atomic E-state index is 14.7. The molecule has 4 rings (SSSR count). The first-order valence-corrected chi connectivity index (χ1v) is 11.2. The molecule has 2 N–H and O–H groups in total. The summed E-state index contributed by atoms with van der Waals surface area (Å²) in [4.78, 5) is 21.9. The zero-order valence-electron chi connectivity index (χ0n) is 18.4. The highest BCUT2D eigenvalue weighted by atomic mass is 32.1. The van der Waals surface area contributed by atoms with Gasteiger partial charge in [-0.15, -0.1) is 11.3 Å². The Labute approximate surface area is 199 Å². The first kappa shape index (κ1) is 23.2. The van der Waals surface area contributed by atoms with Crippen LogP contribution in [0.2, 0.25) is 0 Å². The van der Waals surface area contributed by atoms with Crippen LogP contribution in [0.25, 0.3) is 10.6 Å². The number of carbonyl (C=O) groups is 1. The van der Waals surface area contributed by atoms with E-state index in [2.05, 4.69) is 26.5 Å². The van der Waals surface area contributed by atoms with Crippen LogP contribution in [0, 0.1) is 24.1 Å². The molecule has 0 aliphatic heterocycles. The second kappa shape index (κ2) is 9.51. The van der Waals surface area contributed by atoms with E-state index >= 15 is 0 Å². The van der Waals surface area contributed by atoms with E-state index in [1.54, 1.807) is 44.2 Å². The third kappa shape index (κ3) is 4.57. The van der Waals surface area contributed by atoms with Gasteiger partial charge in [-0.2, -0.15) is 10.4 Å². The number of nitrogens with zero attached hydrogens (tertiary/aromatic N) is 5. The van der Waals surface area contributed by atoms with E-state index in [1.807, 2.05) is 0 Å². The number of amides is 1. The molecule has 2 aromatic heterocycles. The van der Waals surface area contributed by atoms with E-state index in [9.17, 15) is 14.3 Å². The van der Waals surface area contributed by atoms with Crippen molar-refractivity contribution in [2.24, 2.45) is 0 Å². The molecule has 2 aromatic carbocycles. The van der Waals surface area contributed by atoms with Gasteiger partial charge in [-0.05, 0) is 32.0 Å². The predicted molar refractivity (Wildman–Crippen MR) is 124 cm³/mol. The first-order chi connectivity index (χ1) is 16.3. The Balaban J connectivity index is 1.61. The van der Waals surface area contributed by atoms with Crippen molar-refractivity contribution >= 4 is 17.2 Å². The second-order valence-corrected chi connectivity index (χ2v) is 8.81. The Bertz CT molecular complexity index is 1350. The van der Waals surface area contributed by atoms with E-state index in [0.29, 0.717) is 21.1 Å². The molecule has 10 heteroatoms. The lowest BCUT2D eigenvalue weighted by molar-refractivity contribution is -0.0185. The van der Waals surface area contributed by atoms with Gasteiger partial charge in [-0.25, -0.2) is 19.0 Å². The van der Waals surface area contributed by atoms with Crippen LogP contribution in [-0.2, 0) is 12.1 Å². The van der Waals surface area contributed by atoms with Crippen LogP contribution >= 0.6 is 11.3 Å². The Hall–Kier alpha value is -3.94. The normalized spacial score (nSPS) is 13.6. The van der Waals surface area contributed by atoms with Crippen LogP contribution in [0.5, 0.6) is 0 Å². The zero-order chi connectivity index (χ0) is 24.3. The lowest BCUT2D eigenvalue weighted by atomic mass is 9.86. The van der Waals surface area contributed by atoms with E-state index in [-0.39, 0.29) is 12.1 Å². The third-order valence-corrected chi connectivity index (χ3v) is 6.74. The molecule has 2 heterocycles. The highest BCUT2D eigenvalue weighted by Gasteiger charge is 2.40. The first-order valence-electron chi connectivity index (χ1n) is 10.4. The van der Waals surface area contributed by atoms with Gasteiger partial charge in [-0.1, -0.05) is 30.3 Å². The summed E-state index contributed by atoms with van der Waals surface area (Å²) in [7, 11) is 0. The SMILES string of the molecule is Cc1nc(-c2ccc(C#N)cc2)sc1C(=O)NC(C)[C@](O)(Cn1cncn1)c1ccccc1F. The Morgan fingerprint density at radius 1 is 1.29 bits per heavy atom. The minimum absolute atomic E-state index is 0.0394. The van der Waals surface area contributed by atoms with Crippen LogP contribution in [0.4, 0.5) is 4.39 Å². The standard InChI is InChI=1S/C24H21FN6O2S/c1-15-21(34-23(29-15)18-9-7-17(11-26)8-10-18)22(32)30-16(2)24(33,12-31-14-27-13-28-31)19-5-3-4-6-20(19)25/h3-10,13-14,16,33H,12H2,1-2H3,(H,30,32)/t16?,24-/m1/s1. The van der Waals surface area contributed by atoms with Crippen LogP contribution in [-0.4, -0.2) is 36.8 Å². The predicted octanol–water partition coefficient (Wildman–Crippen LogP) is 3.43. The van der Waals surface area contributed by atoms with E-state index < -0.39 is 23.4 Å². The van der Waals surface area contributed by atoms with E-state index in [4.69, 9.17) is 5.26 Å². The van der Waals surface area contributed by atoms with Crippen LogP contribution in [0.3, 0.4) is 0 Å². The van der Waals surface area contributed by atoms with Gasteiger partial charge < -0.3 is 10.4 Å². The fourth-order valence-electron chi connectivity index (χ4n) is 3.63. The molecular weight excluding hydrogens is 455 g/mol. The topological polar surface area (TPSA) is 117 Å². The lowest BCUT2D eigenvalue weighted by Crippen LogP contribution is -2.51. The molecule has 0 radical (unpaired) electrons. The number of halogens is 1. The molecule has 0 spiro atoms. The quantitative estimate of drug-likeness (QED) is 0.422. The van der Waals surface area contributed by atoms with Crippen LogP contribution < -0.4 is 5.32 Å². The molecule has 4 aromatic rings. The summed E-state index contributed by atoms with van der Waals surface area (Å²) < 4.78 is 16.1. The number of aromatic nitrogens is 4. The third-order valence-electron chi connectivity index (χ3n) is 5.54. The molecule has 0 aliphatic carbocycles. The van der Waals surface area contributed by atoms with Crippen molar-refractivity contribution in [3.8, 4) is 16.6 Å². The molecule has 0 saturated carbocycles. The molecule has 2 atom stereocenters. The minimum Gasteiger partial charge on any atom is -0.381 e. The number of hydrogen-bond acceptors (Lipinski definition) is 7. The fourth-order valence-corrected chi connectivity index (χ4v) is 4.60. The summed E-state index contributed by atoms with van der Waals surface area (Å²) >= 11 is 1.20.